The van der Waals surface area contributed by atoms with Gasteiger partial charge in [0.15, 0.2) is 0 Å². The van der Waals surface area contributed by atoms with E-state index < -0.39 is 11.4 Å². The number of carboxylic acids is 1. The molecule has 0 aromatic rings. The maximum Gasteiger partial charge on any atom is 0.309 e. The van der Waals surface area contributed by atoms with Crippen LogP contribution in [0.1, 0.15) is 73.1 Å². The predicted molar refractivity (Wildman–Crippen MR) is 82.6 cm³/mol. The molecule has 0 aromatic carbocycles. The van der Waals surface area contributed by atoms with E-state index in [-0.39, 0.29) is 5.41 Å². The van der Waals surface area contributed by atoms with Gasteiger partial charge in [0.2, 0.25) is 0 Å². The number of rotatable bonds is 3. The Labute approximate surface area is 123 Å². The fourth-order valence-corrected chi connectivity index (χ4v) is 5.38. The lowest BCUT2D eigenvalue weighted by Gasteiger charge is -2.55. The van der Waals surface area contributed by atoms with Crippen molar-refractivity contribution in [1.29, 1.82) is 0 Å². The number of allylic oxidation sites excluding steroid dienone is 2. The Balaban J connectivity index is 2.53. The van der Waals surface area contributed by atoms with Crippen molar-refractivity contribution in [2.75, 3.05) is 0 Å². The van der Waals surface area contributed by atoms with E-state index in [0.717, 1.165) is 38.5 Å². The first kappa shape index (κ1) is 15.6. The summed E-state index contributed by atoms with van der Waals surface area (Å²) in [5.74, 6) is 0.249. The Kier molecular flexibility index (Phi) is 4.05. The van der Waals surface area contributed by atoms with Gasteiger partial charge in [-0.1, -0.05) is 45.3 Å². The third-order valence-corrected chi connectivity index (χ3v) is 6.15. The van der Waals surface area contributed by atoms with Crippen molar-refractivity contribution in [2.45, 2.75) is 73.1 Å². The first-order valence-corrected chi connectivity index (χ1v) is 8.23. The topological polar surface area (TPSA) is 37.3 Å². The minimum atomic E-state index is -0.587. The third kappa shape index (κ3) is 2.12. The van der Waals surface area contributed by atoms with Crippen molar-refractivity contribution in [1.82, 2.24) is 0 Å². The van der Waals surface area contributed by atoms with Gasteiger partial charge in [-0.15, -0.1) is 0 Å². The van der Waals surface area contributed by atoms with Crippen molar-refractivity contribution in [3.05, 3.63) is 11.1 Å². The largest absolute Gasteiger partial charge is 0.481 e. The molecule has 1 saturated carbocycles. The summed E-state index contributed by atoms with van der Waals surface area (Å²) in [5.41, 5.74) is 2.76. The average molecular weight is 278 g/mol. The first-order chi connectivity index (χ1) is 9.27. The number of fused-ring (bicyclic) bond motifs is 1. The van der Waals surface area contributed by atoms with Gasteiger partial charge < -0.3 is 5.11 Å². The zero-order valence-corrected chi connectivity index (χ0v) is 13.8. The van der Waals surface area contributed by atoms with Gasteiger partial charge in [-0.05, 0) is 56.3 Å². The summed E-state index contributed by atoms with van der Waals surface area (Å²) in [6, 6.07) is 0. The quantitative estimate of drug-likeness (QED) is 0.734. The number of aliphatic carboxylic acids is 1. The van der Waals surface area contributed by atoms with Gasteiger partial charge in [0.05, 0.1) is 5.41 Å². The van der Waals surface area contributed by atoms with Crippen LogP contribution in [0.15, 0.2) is 11.1 Å². The number of carboxylic acid groups (broad SMARTS) is 1. The molecule has 2 nitrogen and oxygen atoms in total. The van der Waals surface area contributed by atoms with Gasteiger partial charge in [0.1, 0.15) is 0 Å². The monoisotopic (exact) mass is 278 g/mol. The van der Waals surface area contributed by atoms with Crippen molar-refractivity contribution in [3.63, 3.8) is 0 Å². The van der Waals surface area contributed by atoms with Gasteiger partial charge in [0.25, 0.3) is 0 Å². The van der Waals surface area contributed by atoms with E-state index in [9.17, 15) is 9.90 Å². The Morgan fingerprint density at radius 2 is 2.00 bits per heavy atom. The van der Waals surface area contributed by atoms with Crippen molar-refractivity contribution in [3.8, 4) is 0 Å². The zero-order chi connectivity index (χ0) is 15.1. The molecule has 0 heterocycles. The van der Waals surface area contributed by atoms with E-state index in [4.69, 9.17) is 0 Å². The zero-order valence-electron chi connectivity index (χ0n) is 13.8. The molecule has 0 saturated heterocycles. The van der Waals surface area contributed by atoms with Crippen molar-refractivity contribution < 1.29 is 9.90 Å². The Hall–Kier alpha value is -0.790. The Morgan fingerprint density at radius 3 is 2.50 bits per heavy atom. The highest BCUT2D eigenvalue weighted by Gasteiger charge is 2.55. The molecular formula is C18H30O2. The van der Waals surface area contributed by atoms with E-state index in [0.29, 0.717) is 11.8 Å². The van der Waals surface area contributed by atoms with Crippen molar-refractivity contribution in [2.24, 2.45) is 22.7 Å². The molecule has 2 heteroatoms. The van der Waals surface area contributed by atoms with Crippen LogP contribution in [0, 0.1) is 22.7 Å². The molecule has 20 heavy (non-hydrogen) atoms. The van der Waals surface area contributed by atoms with Crippen LogP contribution >= 0.6 is 0 Å². The van der Waals surface area contributed by atoms with Crippen LogP contribution in [0.2, 0.25) is 0 Å². The third-order valence-electron chi connectivity index (χ3n) is 6.15. The van der Waals surface area contributed by atoms with E-state index in [1.807, 2.05) is 6.92 Å². The molecule has 0 radical (unpaired) electrons. The second-order valence-electron chi connectivity index (χ2n) is 7.61. The molecule has 1 unspecified atom stereocenters. The summed E-state index contributed by atoms with van der Waals surface area (Å²) in [5, 5.41) is 9.78. The minimum Gasteiger partial charge on any atom is -0.481 e. The lowest BCUT2D eigenvalue weighted by molar-refractivity contribution is -0.159. The van der Waals surface area contributed by atoms with Crippen LogP contribution in [0.4, 0.5) is 0 Å². The van der Waals surface area contributed by atoms with Crippen LogP contribution in [0.3, 0.4) is 0 Å². The van der Waals surface area contributed by atoms with Crippen LogP contribution in [0.5, 0.6) is 0 Å². The number of hydrogen-bond acceptors (Lipinski definition) is 1. The van der Waals surface area contributed by atoms with E-state index in [1.54, 1.807) is 11.1 Å². The first-order valence-electron chi connectivity index (χ1n) is 8.23. The lowest BCUT2D eigenvalue weighted by Crippen LogP contribution is -2.51. The molecule has 0 bridgehead atoms. The molecule has 0 aliphatic heterocycles. The van der Waals surface area contributed by atoms with Gasteiger partial charge in [-0.3, -0.25) is 4.79 Å². The van der Waals surface area contributed by atoms with Gasteiger partial charge in [-0.25, -0.2) is 0 Å². The minimum absolute atomic E-state index is 0.100. The second-order valence-corrected chi connectivity index (χ2v) is 7.61. The maximum absolute atomic E-state index is 11.9. The normalized spacial score (nSPS) is 38.0. The predicted octanol–water partition coefficient (Wildman–Crippen LogP) is 5.04. The summed E-state index contributed by atoms with van der Waals surface area (Å²) in [4.78, 5) is 11.9. The molecule has 0 amide bonds. The summed E-state index contributed by atoms with van der Waals surface area (Å²) in [6.45, 7) is 11.2. The Bertz CT molecular complexity index is 435. The summed E-state index contributed by atoms with van der Waals surface area (Å²) >= 11 is 0. The van der Waals surface area contributed by atoms with Crippen molar-refractivity contribution >= 4 is 5.97 Å². The molecule has 114 valence electrons. The highest BCUT2D eigenvalue weighted by molar-refractivity contribution is 5.75. The summed E-state index contributed by atoms with van der Waals surface area (Å²) in [6.07, 6.45) is 6.33. The van der Waals surface area contributed by atoms with E-state index >= 15 is 0 Å². The fraction of sp³-hybridized carbons (Fsp3) is 0.833. The van der Waals surface area contributed by atoms with Crippen LogP contribution in [-0.2, 0) is 4.79 Å². The standard InChI is InChI=1S/C18H30O2/c1-6-13-8-9-14-17(4,15(13)12(2)3)10-7-11-18(14,5)16(19)20/h12,14H,6-11H2,1-5H3,(H,19,20)/t14?,17-,18-/m0/s1. The molecular weight excluding hydrogens is 248 g/mol. The highest BCUT2D eigenvalue weighted by Crippen LogP contribution is 2.61. The summed E-state index contributed by atoms with van der Waals surface area (Å²) < 4.78 is 0. The van der Waals surface area contributed by atoms with E-state index in [1.165, 1.54) is 0 Å². The molecule has 2 aliphatic rings. The van der Waals surface area contributed by atoms with Crippen LogP contribution in [0.25, 0.3) is 0 Å². The highest BCUT2D eigenvalue weighted by atomic mass is 16.4. The molecule has 1 fully saturated rings. The van der Waals surface area contributed by atoms with Gasteiger partial charge in [-0.2, -0.15) is 0 Å². The van der Waals surface area contributed by atoms with Gasteiger partial charge in [0, 0.05) is 0 Å². The molecule has 0 spiro atoms. The molecule has 1 N–H and O–H groups in total. The lowest BCUT2D eigenvalue weighted by atomic mass is 9.48. The number of carbonyl (C=O) groups is 1. The smallest absolute Gasteiger partial charge is 0.309 e. The Morgan fingerprint density at radius 1 is 1.35 bits per heavy atom. The van der Waals surface area contributed by atoms with E-state index in [2.05, 4.69) is 27.7 Å². The molecule has 2 rings (SSSR count). The molecule has 0 aromatic heterocycles. The molecule has 3 atom stereocenters. The maximum atomic E-state index is 11.9. The fourth-order valence-electron chi connectivity index (χ4n) is 5.38. The molecule has 2 aliphatic carbocycles. The van der Waals surface area contributed by atoms with Crippen LogP contribution < -0.4 is 0 Å². The average Bonchev–Trinajstić information content (AvgIpc) is 2.36. The summed E-state index contributed by atoms with van der Waals surface area (Å²) in [7, 11) is 0. The number of hydrogen-bond donors (Lipinski definition) is 1. The van der Waals surface area contributed by atoms with Crippen LogP contribution in [-0.4, -0.2) is 11.1 Å². The van der Waals surface area contributed by atoms with Gasteiger partial charge >= 0.3 is 5.97 Å². The SMILES string of the molecule is CCC1=C(C(C)C)[C@@]2(C)CCC[C@](C)(C(=O)O)C2CC1. The second kappa shape index (κ2) is 5.20.